The quantitative estimate of drug-likeness (QED) is 0.808. The van der Waals surface area contributed by atoms with E-state index < -0.39 is 0 Å². The van der Waals surface area contributed by atoms with Crippen LogP contribution in [-0.2, 0) is 26.1 Å². The number of carbonyl (C=O) groups excluding carboxylic acids is 1. The molecule has 0 radical (unpaired) electrons. The molecule has 3 rings (SSSR count). The largest absolute Gasteiger partial charge is 0.464 e. The van der Waals surface area contributed by atoms with Gasteiger partial charge in [0.2, 0.25) is 0 Å². The Bertz CT molecular complexity index is 765. The van der Waals surface area contributed by atoms with Crippen LogP contribution >= 0.6 is 0 Å². The molecule has 1 aliphatic heterocycles. The van der Waals surface area contributed by atoms with Crippen LogP contribution in [0.2, 0.25) is 0 Å². The molecule has 1 amide bonds. The number of hydrogen-bond acceptors (Lipinski definition) is 5. The van der Waals surface area contributed by atoms with Crippen molar-refractivity contribution in [2.45, 2.75) is 53.8 Å². The normalized spacial score (nSPS) is 13.6. The number of fused-ring (bicyclic) bond motifs is 1. The minimum Gasteiger partial charge on any atom is -0.464 e. The smallest absolute Gasteiger partial charge is 0.258 e. The van der Waals surface area contributed by atoms with Gasteiger partial charge in [0.25, 0.3) is 5.91 Å². The van der Waals surface area contributed by atoms with Gasteiger partial charge >= 0.3 is 0 Å². The second kappa shape index (κ2) is 7.35. The van der Waals surface area contributed by atoms with Gasteiger partial charge in [0.1, 0.15) is 17.3 Å². The molecule has 0 N–H and O–H groups in total. The van der Waals surface area contributed by atoms with E-state index in [1.165, 1.54) is 0 Å². The molecule has 0 fully saturated rings. The molecule has 0 aliphatic carbocycles. The first-order chi connectivity index (χ1) is 12.0. The monoisotopic (exact) mass is 342 g/mol. The molecule has 134 valence electrons. The molecular formula is C19H26N4O2. The summed E-state index contributed by atoms with van der Waals surface area (Å²) in [5, 5.41) is 0. The van der Waals surface area contributed by atoms with Gasteiger partial charge in [-0.1, -0.05) is 20.8 Å². The van der Waals surface area contributed by atoms with Gasteiger partial charge in [-0.3, -0.25) is 9.69 Å². The van der Waals surface area contributed by atoms with E-state index in [2.05, 4.69) is 28.7 Å². The summed E-state index contributed by atoms with van der Waals surface area (Å²) in [5.41, 5.74) is 2.65. The highest BCUT2D eigenvalue weighted by Crippen LogP contribution is 2.25. The van der Waals surface area contributed by atoms with Crippen molar-refractivity contribution in [3.8, 4) is 0 Å². The summed E-state index contributed by atoms with van der Waals surface area (Å²) in [7, 11) is 0. The maximum absolute atomic E-state index is 12.9. The Morgan fingerprint density at radius 2 is 2.04 bits per heavy atom. The summed E-state index contributed by atoms with van der Waals surface area (Å²) in [5.74, 6) is 2.36. The molecule has 0 spiro atoms. The van der Waals surface area contributed by atoms with Crippen LogP contribution in [0.15, 0.2) is 16.7 Å². The molecule has 25 heavy (non-hydrogen) atoms. The number of rotatable bonds is 6. The van der Waals surface area contributed by atoms with E-state index in [4.69, 9.17) is 4.42 Å². The first kappa shape index (κ1) is 17.6. The number of aromatic nitrogens is 2. The zero-order chi connectivity index (χ0) is 18.0. The zero-order valence-corrected chi connectivity index (χ0v) is 15.5. The first-order valence-corrected chi connectivity index (χ1v) is 9.00. The number of furan rings is 1. The Balaban J connectivity index is 1.75. The van der Waals surface area contributed by atoms with Crippen molar-refractivity contribution in [3.05, 3.63) is 46.4 Å². The maximum Gasteiger partial charge on any atom is 0.258 e. The molecule has 6 nitrogen and oxygen atoms in total. The lowest BCUT2D eigenvalue weighted by molar-refractivity contribution is 0.0748. The summed E-state index contributed by atoms with van der Waals surface area (Å²) in [4.78, 5) is 25.9. The summed E-state index contributed by atoms with van der Waals surface area (Å²) in [6.45, 7) is 11.9. The third-order valence-electron chi connectivity index (χ3n) is 4.78. The molecule has 1 aliphatic rings. The molecule has 2 aromatic heterocycles. The molecular weight excluding hydrogens is 316 g/mol. The van der Waals surface area contributed by atoms with Crippen molar-refractivity contribution in [1.82, 2.24) is 19.8 Å². The number of aryl methyl sites for hydroxylation is 2. The van der Waals surface area contributed by atoms with Gasteiger partial charge in [0, 0.05) is 24.7 Å². The Hall–Kier alpha value is -2.21. The first-order valence-electron chi connectivity index (χ1n) is 9.00. The van der Waals surface area contributed by atoms with Crippen molar-refractivity contribution in [2.75, 3.05) is 13.1 Å². The van der Waals surface area contributed by atoms with E-state index in [0.717, 1.165) is 48.9 Å². The van der Waals surface area contributed by atoms with E-state index in [1.54, 1.807) is 0 Å². The van der Waals surface area contributed by atoms with E-state index in [1.807, 2.05) is 31.0 Å². The molecule has 2 aromatic rings. The average molecular weight is 342 g/mol. The maximum atomic E-state index is 12.9. The highest BCUT2D eigenvalue weighted by Gasteiger charge is 2.28. The van der Waals surface area contributed by atoms with Crippen LogP contribution in [0.25, 0.3) is 0 Å². The molecule has 0 atom stereocenters. The lowest BCUT2D eigenvalue weighted by Gasteiger charge is -2.15. The number of hydrogen-bond donors (Lipinski definition) is 0. The van der Waals surface area contributed by atoms with Crippen LogP contribution in [0.4, 0.5) is 0 Å². The molecule has 6 heteroatoms. The Labute approximate surface area is 148 Å². The summed E-state index contributed by atoms with van der Waals surface area (Å²) in [6.07, 6.45) is 2.65. The molecule has 3 heterocycles. The third kappa shape index (κ3) is 3.58. The van der Waals surface area contributed by atoms with Crippen LogP contribution in [0, 0.1) is 6.92 Å². The van der Waals surface area contributed by atoms with Crippen LogP contribution in [0.5, 0.6) is 0 Å². The Kier molecular flexibility index (Phi) is 5.18. The van der Waals surface area contributed by atoms with Gasteiger partial charge in [-0.05, 0) is 26.1 Å². The van der Waals surface area contributed by atoms with Gasteiger partial charge in [-0.15, -0.1) is 0 Å². The number of carbonyl (C=O) groups is 1. The minimum absolute atomic E-state index is 0.00287. The standard InChI is InChI=1S/C19H26N4O2/c1-5-18-20-9-14-10-23(12-17(14)21-18)19(24)16-8-15(25-13(16)4)11-22(6-2)7-3/h8-9H,5-7,10-12H2,1-4H3. The molecule has 0 saturated heterocycles. The van der Waals surface area contributed by atoms with Gasteiger partial charge < -0.3 is 9.32 Å². The fraction of sp³-hybridized carbons (Fsp3) is 0.526. The fourth-order valence-corrected chi connectivity index (χ4v) is 3.18. The third-order valence-corrected chi connectivity index (χ3v) is 4.78. The predicted octanol–water partition coefficient (Wildman–Crippen LogP) is 2.94. The van der Waals surface area contributed by atoms with Gasteiger partial charge in [0.05, 0.1) is 24.3 Å². The minimum atomic E-state index is 0.00287. The summed E-state index contributed by atoms with van der Waals surface area (Å²) < 4.78 is 5.83. The van der Waals surface area contributed by atoms with Crippen LogP contribution in [0.3, 0.4) is 0 Å². The van der Waals surface area contributed by atoms with Crippen LogP contribution in [-0.4, -0.2) is 38.8 Å². The van der Waals surface area contributed by atoms with Crippen molar-refractivity contribution < 1.29 is 9.21 Å². The Morgan fingerprint density at radius 1 is 1.28 bits per heavy atom. The zero-order valence-electron chi connectivity index (χ0n) is 15.5. The number of amides is 1. The lowest BCUT2D eigenvalue weighted by Crippen LogP contribution is -2.25. The second-order valence-corrected chi connectivity index (χ2v) is 6.42. The topological polar surface area (TPSA) is 62.5 Å². The summed E-state index contributed by atoms with van der Waals surface area (Å²) in [6, 6.07) is 1.89. The predicted molar refractivity (Wildman–Crippen MR) is 95.1 cm³/mol. The van der Waals surface area contributed by atoms with Gasteiger partial charge in [-0.25, -0.2) is 9.97 Å². The molecule has 0 aromatic carbocycles. The second-order valence-electron chi connectivity index (χ2n) is 6.42. The highest BCUT2D eigenvalue weighted by molar-refractivity contribution is 5.95. The lowest BCUT2D eigenvalue weighted by atomic mass is 10.2. The fourth-order valence-electron chi connectivity index (χ4n) is 3.18. The van der Waals surface area contributed by atoms with Crippen molar-refractivity contribution in [1.29, 1.82) is 0 Å². The summed E-state index contributed by atoms with van der Waals surface area (Å²) >= 11 is 0. The van der Waals surface area contributed by atoms with E-state index >= 15 is 0 Å². The van der Waals surface area contributed by atoms with Crippen molar-refractivity contribution in [2.24, 2.45) is 0 Å². The van der Waals surface area contributed by atoms with Crippen LogP contribution < -0.4 is 0 Å². The van der Waals surface area contributed by atoms with E-state index in [0.29, 0.717) is 24.4 Å². The Morgan fingerprint density at radius 3 is 2.72 bits per heavy atom. The van der Waals surface area contributed by atoms with Gasteiger partial charge in [-0.2, -0.15) is 0 Å². The van der Waals surface area contributed by atoms with Gasteiger partial charge in [0.15, 0.2) is 0 Å². The van der Waals surface area contributed by atoms with Crippen molar-refractivity contribution in [3.63, 3.8) is 0 Å². The van der Waals surface area contributed by atoms with Crippen LogP contribution in [0.1, 0.15) is 59.7 Å². The average Bonchev–Trinajstić information content (AvgIpc) is 3.21. The van der Waals surface area contributed by atoms with E-state index in [9.17, 15) is 4.79 Å². The molecule has 0 unspecified atom stereocenters. The number of nitrogens with zero attached hydrogens (tertiary/aromatic N) is 4. The highest BCUT2D eigenvalue weighted by atomic mass is 16.3. The van der Waals surface area contributed by atoms with Crippen molar-refractivity contribution >= 4 is 5.91 Å². The molecule has 0 saturated carbocycles. The van der Waals surface area contributed by atoms with E-state index in [-0.39, 0.29) is 5.91 Å². The molecule has 0 bridgehead atoms. The SMILES string of the molecule is CCc1ncc2c(n1)CN(C(=O)c1cc(CN(CC)CC)oc1C)C2.